The van der Waals surface area contributed by atoms with Gasteiger partial charge >= 0.3 is 5.97 Å². The molecule has 1 atom stereocenters. The summed E-state index contributed by atoms with van der Waals surface area (Å²) in [6, 6.07) is 10.9. The fourth-order valence-electron chi connectivity index (χ4n) is 3.92. The number of esters is 1. The predicted molar refractivity (Wildman–Crippen MR) is 128 cm³/mol. The number of Topliss-reactive ketones (excluding diaryl/α,β-unsaturated/α-hetero) is 1. The highest BCUT2D eigenvalue weighted by molar-refractivity contribution is 6.46. The summed E-state index contributed by atoms with van der Waals surface area (Å²) in [6.45, 7) is 6.39. The molecule has 0 bridgehead atoms. The number of aliphatic hydroxyl groups excluding tert-OH is 1. The van der Waals surface area contributed by atoms with Crippen molar-refractivity contribution in [3.05, 3.63) is 64.7 Å². The van der Waals surface area contributed by atoms with Gasteiger partial charge in [0.05, 0.1) is 18.2 Å². The average molecular weight is 467 g/mol. The highest BCUT2D eigenvalue weighted by Gasteiger charge is 2.45. The predicted octanol–water partition coefficient (Wildman–Crippen LogP) is 3.30. The third kappa shape index (κ3) is 5.28. The van der Waals surface area contributed by atoms with Crippen molar-refractivity contribution < 1.29 is 29.0 Å². The van der Waals surface area contributed by atoms with Gasteiger partial charge in [0, 0.05) is 25.6 Å². The first-order valence-electron chi connectivity index (χ1n) is 11.1. The maximum absolute atomic E-state index is 13.1. The SMILES string of the molecule is CCOc1ccc(/C(O)=C2/C(=O)C(=O)N(CCN(C)C)C2c2ccc(OC(C)=O)cc2)cc1C. The van der Waals surface area contributed by atoms with Gasteiger partial charge in [0.15, 0.2) is 0 Å². The molecular weight excluding hydrogens is 436 g/mol. The number of rotatable bonds is 8. The minimum atomic E-state index is -0.779. The van der Waals surface area contributed by atoms with Crippen LogP contribution in [-0.2, 0) is 14.4 Å². The number of benzene rings is 2. The van der Waals surface area contributed by atoms with Gasteiger partial charge in [0.2, 0.25) is 0 Å². The number of carbonyl (C=O) groups is 3. The Morgan fingerprint density at radius 1 is 1.12 bits per heavy atom. The van der Waals surface area contributed by atoms with Crippen molar-refractivity contribution in [1.29, 1.82) is 0 Å². The largest absolute Gasteiger partial charge is 0.507 e. The number of carbonyl (C=O) groups excluding carboxylic acids is 3. The third-order valence-corrected chi connectivity index (χ3v) is 5.53. The van der Waals surface area contributed by atoms with Gasteiger partial charge in [0.25, 0.3) is 11.7 Å². The van der Waals surface area contributed by atoms with Crippen LogP contribution in [0.3, 0.4) is 0 Å². The third-order valence-electron chi connectivity index (χ3n) is 5.53. The first-order valence-corrected chi connectivity index (χ1v) is 11.1. The molecule has 0 aliphatic carbocycles. The Hall–Kier alpha value is -3.65. The molecule has 1 amide bonds. The monoisotopic (exact) mass is 466 g/mol. The van der Waals surface area contributed by atoms with Crippen molar-refractivity contribution in [3.8, 4) is 11.5 Å². The molecule has 1 fully saturated rings. The summed E-state index contributed by atoms with van der Waals surface area (Å²) >= 11 is 0. The van der Waals surface area contributed by atoms with Crippen molar-refractivity contribution in [1.82, 2.24) is 9.80 Å². The second-order valence-corrected chi connectivity index (χ2v) is 8.37. The van der Waals surface area contributed by atoms with Crippen LogP contribution in [0, 0.1) is 6.92 Å². The number of amides is 1. The number of ether oxygens (including phenoxy) is 2. The molecule has 34 heavy (non-hydrogen) atoms. The molecule has 1 saturated heterocycles. The summed E-state index contributed by atoms with van der Waals surface area (Å²) in [5.41, 5.74) is 1.87. The second kappa shape index (κ2) is 10.5. The first-order chi connectivity index (χ1) is 16.1. The van der Waals surface area contributed by atoms with Crippen LogP contribution in [-0.4, -0.2) is 66.4 Å². The van der Waals surface area contributed by atoms with E-state index in [1.807, 2.05) is 32.8 Å². The van der Waals surface area contributed by atoms with E-state index in [-0.39, 0.29) is 11.3 Å². The molecule has 1 heterocycles. The summed E-state index contributed by atoms with van der Waals surface area (Å²) in [7, 11) is 3.75. The number of likely N-dealkylation sites (N-methyl/N-ethyl adjacent to an activating group) is 1. The van der Waals surface area contributed by atoms with Crippen molar-refractivity contribution in [3.63, 3.8) is 0 Å². The van der Waals surface area contributed by atoms with Gasteiger partial charge in [-0.2, -0.15) is 0 Å². The Kier molecular flexibility index (Phi) is 7.73. The van der Waals surface area contributed by atoms with E-state index in [2.05, 4.69) is 0 Å². The molecule has 1 unspecified atom stereocenters. The van der Waals surface area contributed by atoms with Gasteiger partial charge in [-0.1, -0.05) is 12.1 Å². The first kappa shape index (κ1) is 25.0. The van der Waals surface area contributed by atoms with Gasteiger partial charge in [-0.05, 0) is 69.4 Å². The highest BCUT2D eigenvalue weighted by Crippen LogP contribution is 2.40. The number of nitrogens with zero attached hydrogens (tertiary/aromatic N) is 2. The average Bonchev–Trinajstić information content (AvgIpc) is 3.03. The highest BCUT2D eigenvalue weighted by atomic mass is 16.5. The molecule has 0 spiro atoms. The zero-order valence-corrected chi connectivity index (χ0v) is 20.1. The molecule has 2 aromatic rings. The van der Waals surface area contributed by atoms with Gasteiger partial charge in [-0.15, -0.1) is 0 Å². The lowest BCUT2D eigenvalue weighted by molar-refractivity contribution is -0.140. The Labute approximate surface area is 199 Å². The van der Waals surface area contributed by atoms with Crippen molar-refractivity contribution in [2.45, 2.75) is 26.8 Å². The number of aryl methyl sites for hydroxylation is 1. The quantitative estimate of drug-likeness (QED) is 0.210. The van der Waals surface area contributed by atoms with Gasteiger partial charge in [-0.3, -0.25) is 14.4 Å². The van der Waals surface area contributed by atoms with E-state index < -0.39 is 23.7 Å². The van der Waals surface area contributed by atoms with Crippen LogP contribution in [0.5, 0.6) is 11.5 Å². The number of likely N-dealkylation sites (tertiary alicyclic amines) is 1. The summed E-state index contributed by atoms with van der Waals surface area (Å²) in [6.07, 6.45) is 0. The summed E-state index contributed by atoms with van der Waals surface area (Å²) in [4.78, 5) is 40.7. The van der Waals surface area contributed by atoms with Gasteiger partial charge in [-0.25, -0.2) is 0 Å². The van der Waals surface area contributed by atoms with Gasteiger partial charge < -0.3 is 24.4 Å². The molecule has 2 aromatic carbocycles. The van der Waals surface area contributed by atoms with Crippen LogP contribution in [0.2, 0.25) is 0 Å². The second-order valence-electron chi connectivity index (χ2n) is 8.37. The van der Waals surface area contributed by atoms with E-state index in [4.69, 9.17) is 9.47 Å². The minimum Gasteiger partial charge on any atom is -0.507 e. The molecule has 1 aliphatic rings. The number of aliphatic hydroxyl groups is 1. The smallest absolute Gasteiger partial charge is 0.308 e. The van der Waals surface area contributed by atoms with E-state index in [1.54, 1.807) is 42.5 Å². The Morgan fingerprint density at radius 3 is 2.35 bits per heavy atom. The fourth-order valence-corrected chi connectivity index (χ4v) is 3.92. The zero-order chi connectivity index (χ0) is 25.0. The fraction of sp³-hybridized carbons (Fsp3) is 0.346. The molecule has 1 aliphatic heterocycles. The Morgan fingerprint density at radius 2 is 1.79 bits per heavy atom. The zero-order valence-electron chi connectivity index (χ0n) is 20.1. The lowest BCUT2D eigenvalue weighted by atomic mass is 9.94. The molecule has 8 heteroatoms. The van der Waals surface area contributed by atoms with Gasteiger partial charge in [0.1, 0.15) is 17.3 Å². The summed E-state index contributed by atoms with van der Waals surface area (Å²) in [5, 5.41) is 11.2. The van der Waals surface area contributed by atoms with Crippen LogP contribution in [0.4, 0.5) is 0 Å². The van der Waals surface area contributed by atoms with Crippen LogP contribution >= 0.6 is 0 Å². The van der Waals surface area contributed by atoms with Crippen molar-refractivity contribution in [2.24, 2.45) is 0 Å². The van der Waals surface area contributed by atoms with Crippen LogP contribution in [0.15, 0.2) is 48.0 Å². The van der Waals surface area contributed by atoms with E-state index in [0.717, 1.165) is 5.56 Å². The lowest BCUT2D eigenvalue weighted by Crippen LogP contribution is -2.35. The molecule has 0 saturated carbocycles. The van der Waals surface area contributed by atoms with Crippen LogP contribution in [0.1, 0.15) is 36.6 Å². The molecule has 1 N–H and O–H groups in total. The topological polar surface area (TPSA) is 96.4 Å². The van der Waals surface area contributed by atoms with Crippen molar-refractivity contribution >= 4 is 23.4 Å². The number of hydrogen-bond acceptors (Lipinski definition) is 7. The van der Waals surface area contributed by atoms with E-state index in [9.17, 15) is 19.5 Å². The summed E-state index contributed by atoms with van der Waals surface area (Å²) in [5.74, 6) is -1.06. The lowest BCUT2D eigenvalue weighted by Gasteiger charge is -2.26. The molecule has 3 rings (SSSR count). The maximum Gasteiger partial charge on any atom is 0.308 e. The number of hydrogen-bond donors (Lipinski definition) is 1. The molecule has 8 nitrogen and oxygen atoms in total. The number of ketones is 1. The molecule has 180 valence electrons. The van der Waals surface area contributed by atoms with E-state index in [1.165, 1.54) is 11.8 Å². The maximum atomic E-state index is 13.1. The molecule has 0 radical (unpaired) electrons. The van der Waals surface area contributed by atoms with Crippen LogP contribution < -0.4 is 9.47 Å². The normalized spacial score (nSPS) is 17.4. The van der Waals surface area contributed by atoms with E-state index >= 15 is 0 Å². The van der Waals surface area contributed by atoms with Crippen LogP contribution in [0.25, 0.3) is 5.76 Å². The molecule has 0 aromatic heterocycles. The Balaban J connectivity index is 2.10. The minimum absolute atomic E-state index is 0.0209. The summed E-state index contributed by atoms with van der Waals surface area (Å²) < 4.78 is 10.7. The van der Waals surface area contributed by atoms with E-state index in [0.29, 0.717) is 42.3 Å². The standard InChI is InChI=1S/C26H30N2O6/c1-6-33-21-12-9-19(15-16(21)2)24(30)22-23(18-7-10-20(11-8-18)34-17(3)29)28(14-13-27(4)5)26(32)25(22)31/h7-12,15,23,30H,6,13-14H2,1-5H3/b24-22-. The Bertz CT molecular complexity index is 1120. The van der Waals surface area contributed by atoms with Crippen molar-refractivity contribution in [2.75, 3.05) is 33.8 Å². The molecular formula is C26H30N2O6.